The summed E-state index contributed by atoms with van der Waals surface area (Å²) in [5.41, 5.74) is 2.48. The number of aryl methyl sites for hydroxylation is 2. The lowest BCUT2D eigenvalue weighted by atomic mass is 9.93. The Balaban J connectivity index is 1.99. The molecule has 3 aromatic rings. The van der Waals surface area contributed by atoms with Crippen LogP contribution in [0, 0.1) is 19.7 Å². The van der Waals surface area contributed by atoms with Crippen LogP contribution in [0.5, 0.6) is 11.5 Å². The second-order valence-corrected chi connectivity index (χ2v) is 8.06. The number of carbonyl (C=O) groups excluding carboxylic acids is 2. The molecule has 4 rings (SSSR count). The number of methoxy groups -OCH3 is 2. The first-order valence-corrected chi connectivity index (χ1v) is 10.6. The zero-order chi connectivity index (χ0) is 24.6. The van der Waals surface area contributed by atoms with Gasteiger partial charge in [-0.15, -0.1) is 0 Å². The number of aliphatic hydroxyl groups is 1. The molecule has 3 aromatic carbocycles. The Morgan fingerprint density at radius 3 is 2.35 bits per heavy atom. The molecule has 0 aromatic heterocycles. The lowest BCUT2D eigenvalue weighted by Gasteiger charge is -2.26. The fourth-order valence-electron chi connectivity index (χ4n) is 4.26. The highest BCUT2D eigenvalue weighted by molar-refractivity contribution is 6.51. The van der Waals surface area contributed by atoms with Gasteiger partial charge in [0.15, 0.2) is 0 Å². The predicted molar refractivity (Wildman–Crippen MR) is 127 cm³/mol. The first-order valence-electron chi connectivity index (χ1n) is 10.6. The van der Waals surface area contributed by atoms with Crippen LogP contribution in [0.1, 0.15) is 28.3 Å². The summed E-state index contributed by atoms with van der Waals surface area (Å²) >= 11 is 0. The van der Waals surface area contributed by atoms with Crippen LogP contribution in [-0.4, -0.2) is 31.0 Å². The molecule has 174 valence electrons. The highest BCUT2D eigenvalue weighted by atomic mass is 19.1. The summed E-state index contributed by atoms with van der Waals surface area (Å²) in [6, 6.07) is 14.8. The van der Waals surface area contributed by atoms with E-state index >= 15 is 0 Å². The van der Waals surface area contributed by atoms with Crippen molar-refractivity contribution >= 4 is 23.1 Å². The van der Waals surface area contributed by atoms with Gasteiger partial charge in [-0.25, -0.2) is 4.39 Å². The van der Waals surface area contributed by atoms with Gasteiger partial charge in [0.25, 0.3) is 11.7 Å². The molecule has 1 heterocycles. The average Bonchev–Trinajstić information content (AvgIpc) is 3.10. The summed E-state index contributed by atoms with van der Waals surface area (Å²) in [7, 11) is 3.06. The van der Waals surface area contributed by atoms with E-state index in [0.29, 0.717) is 28.2 Å². The van der Waals surface area contributed by atoms with Crippen molar-refractivity contribution in [2.45, 2.75) is 19.9 Å². The van der Waals surface area contributed by atoms with E-state index in [1.165, 1.54) is 30.2 Å². The monoisotopic (exact) mass is 461 g/mol. The van der Waals surface area contributed by atoms with E-state index in [9.17, 15) is 19.1 Å². The molecule has 0 saturated carbocycles. The zero-order valence-corrected chi connectivity index (χ0v) is 19.3. The van der Waals surface area contributed by atoms with Gasteiger partial charge in [-0.05, 0) is 73.0 Å². The van der Waals surface area contributed by atoms with Crippen LogP contribution < -0.4 is 14.4 Å². The number of ketones is 1. The van der Waals surface area contributed by atoms with Gasteiger partial charge in [-0.1, -0.05) is 18.2 Å². The SMILES string of the molecule is COc1cccc(C2/C(=C(\O)c3cc(C)c(OC)cc3C)C(=O)C(=O)N2c2cccc(F)c2)c1. The van der Waals surface area contributed by atoms with E-state index in [2.05, 4.69) is 0 Å². The number of halogens is 1. The molecule has 1 unspecified atom stereocenters. The Morgan fingerprint density at radius 1 is 0.941 bits per heavy atom. The first-order chi connectivity index (χ1) is 16.3. The lowest BCUT2D eigenvalue weighted by molar-refractivity contribution is -0.132. The molecule has 0 bridgehead atoms. The minimum Gasteiger partial charge on any atom is -0.507 e. The number of hydrogen-bond donors (Lipinski definition) is 1. The van der Waals surface area contributed by atoms with Crippen molar-refractivity contribution < 1.29 is 28.6 Å². The van der Waals surface area contributed by atoms with Crippen LogP contribution in [0.2, 0.25) is 0 Å². The van der Waals surface area contributed by atoms with E-state index in [-0.39, 0.29) is 17.0 Å². The third kappa shape index (κ3) is 3.90. The van der Waals surface area contributed by atoms with E-state index in [0.717, 1.165) is 5.56 Å². The summed E-state index contributed by atoms with van der Waals surface area (Å²) in [6.45, 7) is 3.60. The summed E-state index contributed by atoms with van der Waals surface area (Å²) in [6.07, 6.45) is 0. The minimum absolute atomic E-state index is 0.0878. The Kier molecular flexibility index (Phi) is 6.11. The number of anilines is 1. The van der Waals surface area contributed by atoms with E-state index < -0.39 is 23.5 Å². The highest BCUT2D eigenvalue weighted by Crippen LogP contribution is 2.43. The molecule has 7 heteroatoms. The van der Waals surface area contributed by atoms with E-state index in [4.69, 9.17) is 9.47 Å². The molecule has 1 N–H and O–H groups in total. The molecule has 1 fully saturated rings. The van der Waals surface area contributed by atoms with Crippen molar-refractivity contribution in [2.75, 3.05) is 19.1 Å². The van der Waals surface area contributed by atoms with Crippen molar-refractivity contribution in [3.8, 4) is 11.5 Å². The van der Waals surface area contributed by atoms with Gasteiger partial charge in [0, 0.05) is 11.3 Å². The number of aliphatic hydroxyl groups excluding tert-OH is 1. The first kappa shape index (κ1) is 23.0. The Labute approximate surface area is 196 Å². The van der Waals surface area contributed by atoms with Crippen molar-refractivity contribution in [3.05, 3.63) is 94.3 Å². The van der Waals surface area contributed by atoms with E-state index in [1.807, 2.05) is 6.92 Å². The average molecular weight is 461 g/mol. The maximum Gasteiger partial charge on any atom is 0.300 e. The molecule has 1 atom stereocenters. The summed E-state index contributed by atoms with van der Waals surface area (Å²) in [4.78, 5) is 27.7. The number of amides is 1. The maximum absolute atomic E-state index is 14.1. The molecule has 0 radical (unpaired) electrons. The van der Waals surface area contributed by atoms with Crippen molar-refractivity contribution in [1.29, 1.82) is 0 Å². The molecule has 1 saturated heterocycles. The predicted octanol–water partition coefficient (Wildman–Crippen LogP) is 5.09. The number of Topliss-reactive ketones (excluding diaryl/α,β-unsaturated/α-hetero) is 1. The Bertz CT molecular complexity index is 1330. The number of benzene rings is 3. The molecular formula is C27H24FNO5. The molecule has 1 amide bonds. The van der Waals surface area contributed by atoms with Gasteiger partial charge >= 0.3 is 0 Å². The van der Waals surface area contributed by atoms with Crippen molar-refractivity contribution in [3.63, 3.8) is 0 Å². The molecule has 6 nitrogen and oxygen atoms in total. The fraction of sp³-hybridized carbons (Fsp3) is 0.185. The largest absolute Gasteiger partial charge is 0.507 e. The summed E-state index contributed by atoms with van der Waals surface area (Å²) < 4.78 is 24.7. The van der Waals surface area contributed by atoms with Gasteiger partial charge in [0.1, 0.15) is 23.1 Å². The highest BCUT2D eigenvalue weighted by Gasteiger charge is 2.47. The maximum atomic E-state index is 14.1. The van der Waals surface area contributed by atoms with Gasteiger partial charge in [0.2, 0.25) is 0 Å². The van der Waals surface area contributed by atoms with Crippen LogP contribution in [0.25, 0.3) is 5.76 Å². The van der Waals surface area contributed by atoms with Crippen LogP contribution in [-0.2, 0) is 9.59 Å². The summed E-state index contributed by atoms with van der Waals surface area (Å²) in [5, 5.41) is 11.4. The quantitative estimate of drug-likeness (QED) is 0.326. The molecular weight excluding hydrogens is 437 g/mol. The number of rotatable bonds is 5. The van der Waals surface area contributed by atoms with E-state index in [1.54, 1.807) is 56.5 Å². The third-order valence-corrected chi connectivity index (χ3v) is 5.94. The lowest BCUT2D eigenvalue weighted by Crippen LogP contribution is -2.29. The van der Waals surface area contributed by atoms with Crippen LogP contribution in [0.15, 0.2) is 66.2 Å². The molecule has 1 aliphatic heterocycles. The van der Waals surface area contributed by atoms with Gasteiger partial charge in [0.05, 0.1) is 25.8 Å². The van der Waals surface area contributed by atoms with Crippen LogP contribution in [0.4, 0.5) is 10.1 Å². The van der Waals surface area contributed by atoms with Crippen LogP contribution >= 0.6 is 0 Å². The van der Waals surface area contributed by atoms with Gasteiger partial charge in [-0.3, -0.25) is 14.5 Å². The number of nitrogens with zero attached hydrogens (tertiary/aromatic N) is 1. The number of ether oxygens (including phenoxy) is 2. The van der Waals surface area contributed by atoms with Gasteiger partial charge < -0.3 is 14.6 Å². The number of carbonyl (C=O) groups is 2. The molecule has 0 spiro atoms. The fourth-order valence-corrected chi connectivity index (χ4v) is 4.26. The summed E-state index contributed by atoms with van der Waals surface area (Å²) in [5.74, 6) is -1.43. The van der Waals surface area contributed by atoms with Crippen molar-refractivity contribution in [1.82, 2.24) is 0 Å². The molecule has 1 aliphatic rings. The minimum atomic E-state index is -0.987. The van der Waals surface area contributed by atoms with Gasteiger partial charge in [-0.2, -0.15) is 0 Å². The second-order valence-electron chi connectivity index (χ2n) is 8.06. The Morgan fingerprint density at radius 2 is 1.68 bits per heavy atom. The topological polar surface area (TPSA) is 76.1 Å². The second kappa shape index (κ2) is 9.02. The van der Waals surface area contributed by atoms with Crippen molar-refractivity contribution in [2.24, 2.45) is 0 Å². The zero-order valence-electron chi connectivity index (χ0n) is 19.3. The standard InChI is InChI=1S/C27H24FNO5/c1-15-12-22(34-4)16(2)11-21(15)25(30)23-24(17-7-5-10-20(13-17)33-3)29(27(32)26(23)31)19-9-6-8-18(28)14-19/h5-14,24,30H,1-4H3/b25-23+. The molecule has 0 aliphatic carbocycles. The van der Waals surface area contributed by atoms with Crippen LogP contribution in [0.3, 0.4) is 0 Å². The third-order valence-electron chi connectivity index (χ3n) is 5.94. The Hall–Kier alpha value is -4.13. The normalized spacial score (nSPS) is 17.2. The number of hydrogen-bond acceptors (Lipinski definition) is 5. The molecule has 34 heavy (non-hydrogen) atoms. The smallest absolute Gasteiger partial charge is 0.300 e.